The molecule has 0 aromatic carbocycles. The number of carbonyl (C=O) groups is 1. The van der Waals surface area contributed by atoms with Crippen molar-refractivity contribution in [1.29, 1.82) is 0 Å². The van der Waals surface area contributed by atoms with Crippen LogP contribution in [0.1, 0.15) is 47.0 Å². The van der Waals surface area contributed by atoms with Crippen molar-refractivity contribution in [1.82, 2.24) is 10.2 Å². The number of amides is 1. The van der Waals surface area contributed by atoms with Gasteiger partial charge < -0.3 is 5.32 Å². The molecule has 94 valence electrons. The highest BCUT2D eigenvalue weighted by molar-refractivity contribution is 5.76. The molecule has 0 saturated carbocycles. The second kappa shape index (κ2) is 6.24. The maximum absolute atomic E-state index is 11.7. The molecule has 1 fully saturated rings. The van der Waals surface area contributed by atoms with Crippen molar-refractivity contribution in [2.75, 3.05) is 13.1 Å². The van der Waals surface area contributed by atoms with Gasteiger partial charge >= 0.3 is 0 Å². The molecule has 1 saturated heterocycles. The van der Waals surface area contributed by atoms with E-state index in [0.717, 1.165) is 13.0 Å². The van der Waals surface area contributed by atoms with Gasteiger partial charge in [-0.1, -0.05) is 13.8 Å². The molecule has 0 aromatic rings. The predicted molar refractivity (Wildman–Crippen MR) is 67.3 cm³/mol. The van der Waals surface area contributed by atoms with Crippen molar-refractivity contribution in [2.45, 2.75) is 59.0 Å². The average Bonchev–Trinajstić information content (AvgIpc) is 2.16. The van der Waals surface area contributed by atoms with Gasteiger partial charge in [0.05, 0.1) is 0 Å². The first-order chi connectivity index (χ1) is 7.49. The Labute approximate surface area is 99.6 Å². The SMILES string of the molecule is CC(C)CC(=O)NC1CCCN(C(C)C)C1. The van der Waals surface area contributed by atoms with Crippen LogP contribution in [-0.2, 0) is 4.79 Å². The fourth-order valence-electron chi connectivity index (χ4n) is 2.25. The van der Waals surface area contributed by atoms with E-state index in [4.69, 9.17) is 0 Å². The summed E-state index contributed by atoms with van der Waals surface area (Å²) in [5.41, 5.74) is 0. The number of likely N-dealkylation sites (tertiary alicyclic amines) is 1. The first-order valence-electron chi connectivity index (χ1n) is 6.52. The molecule has 0 spiro atoms. The highest BCUT2D eigenvalue weighted by atomic mass is 16.1. The number of rotatable bonds is 4. The van der Waals surface area contributed by atoms with E-state index >= 15 is 0 Å². The van der Waals surface area contributed by atoms with E-state index in [2.05, 4.69) is 37.9 Å². The zero-order valence-electron chi connectivity index (χ0n) is 11.1. The average molecular weight is 226 g/mol. The van der Waals surface area contributed by atoms with E-state index in [0.29, 0.717) is 24.4 Å². The van der Waals surface area contributed by atoms with Crippen LogP contribution in [0.25, 0.3) is 0 Å². The fraction of sp³-hybridized carbons (Fsp3) is 0.923. The summed E-state index contributed by atoms with van der Waals surface area (Å²) in [6, 6.07) is 0.951. The molecule has 1 atom stereocenters. The Morgan fingerprint density at radius 1 is 1.38 bits per heavy atom. The van der Waals surface area contributed by atoms with Gasteiger partial charge in [0.25, 0.3) is 0 Å². The van der Waals surface area contributed by atoms with E-state index in [1.807, 2.05) is 0 Å². The molecular weight excluding hydrogens is 200 g/mol. The topological polar surface area (TPSA) is 32.3 Å². The monoisotopic (exact) mass is 226 g/mol. The van der Waals surface area contributed by atoms with Crippen LogP contribution in [0, 0.1) is 5.92 Å². The van der Waals surface area contributed by atoms with Crippen LogP contribution in [-0.4, -0.2) is 36.0 Å². The molecular formula is C13H26N2O. The standard InChI is InChI=1S/C13H26N2O/c1-10(2)8-13(16)14-12-6-5-7-15(9-12)11(3)4/h10-12H,5-9H2,1-4H3,(H,14,16). The molecule has 0 radical (unpaired) electrons. The maximum atomic E-state index is 11.7. The Bertz CT molecular complexity index is 226. The fourth-order valence-corrected chi connectivity index (χ4v) is 2.25. The van der Waals surface area contributed by atoms with Gasteiger partial charge in [-0.05, 0) is 39.2 Å². The van der Waals surface area contributed by atoms with Crippen molar-refractivity contribution < 1.29 is 4.79 Å². The molecule has 1 heterocycles. The van der Waals surface area contributed by atoms with Crippen LogP contribution in [0.5, 0.6) is 0 Å². The van der Waals surface area contributed by atoms with E-state index in [1.54, 1.807) is 0 Å². The highest BCUT2D eigenvalue weighted by Crippen LogP contribution is 2.13. The molecule has 1 amide bonds. The molecule has 0 bridgehead atoms. The summed E-state index contributed by atoms with van der Waals surface area (Å²) in [4.78, 5) is 14.1. The summed E-state index contributed by atoms with van der Waals surface area (Å²) in [5, 5.41) is 3.15. The van der Waals surface area contributed by atoms with E-state index in [1.165, 1.54) is 13.0 Å². The maximum Gasteiger partial charge on any atom is 0.220 e. The summed E-state index contributed by atoms with van der Waals surface area (Å²) in [6.07, 6.45) is 2.98. The Balaban J connectivity index is 2.34. The van der Waals surface area contributed by atoms with Gasteiger partial charge in [0.1, 0.15) is 0 Å². The normalized spacial score (nSPS) is 22.8. The lowest BCUT2D eigenvalue weighted by molar-refractivity contribution is -0.122. The third-order valence-corrected chi connectivity index (χ3v) is 3.14. The van der Waals surface area contributed by atoms with E-state index in [9.17, 15) is 4.79 Å². The second-order valence-electron chi connectivity index (χ2n) is 5.59. The van der Waals surface area contributed by atoms with Crippen LogP contribution < -0.4 is 5.32 Å². The zero-order chi connectivity index (χ0) is 12.1. The van der Waals surface area contributed by atoms with Gasteiger partial charge in [-0.15, -0.1) is 0 Å². The van der Waals surface area contributed by atoms with Crippen LogP contribution in [0.4, 0.5) is 0 Å². The highest BCUT2D eigenvalue weighted by Gasteiger charge is 2.22. The largest absolute Gasteiger partial charge is 0.352 e. The second-order valence-corrected chi connectivity index (χ2v) is 5.59. The summed E-state index contributed by atoms with van der Waals surface area (Å²) in [5.74, 6) is 0.662. The smallest absolute Gasteiger partial charge is 0.220 e. The Kier molecular flexibility index (Phi) is 5.26. The minimum atomic E-state index is 0.214. The van der Waals surface area contributed by atoms with Crippen LogP contribution in [0.15, 0.2) is 0 Å². The first-order valence-corrected chi connectivity index (χ1v) is 6.52. The minimum Gasteiger partial charge on any atom is -0.352 e. The van der Waals surface area contributed by atoms with Gasteiger partial charge in [-0.25, -0.2) is 0 Å². The van der Waals surface area contributed by atoms with Crippen molar-refractivity contribution in [3.63, 3.8) is 0 Å². The van der Waals surface area contributed by atoms with Crippen LogP contribution in [0.3, 0.4) is 0 Å². The van der Waals surface area contributed by atoms with Gasteiger partial charge in [0.15, 0.2) is 0 Å². The zero-order valence-corrected chi connectivity index (χ0v) is 11.1. The number of carbonyl (C=O) groups excluding carboxylic acids is 1. The number of nitrogens with one attached hydrogen (secondary N) is 1. The molecule has 1 rings (SSSR count). The molecule has 1 N–H and O–H groups in total. The Hall–Kier alpha value is -0.570. The van der Waals surface area contributed by atoms with Crippen molar-refractivity contribution in [3.05, 3.63) is 0 Å². The lowest BCUT2D eigenvalue weighted by atomic mass is 10.0. The van der Waals surface area contributed by atoms with Crippen LogP contribution >= 0.6 is 0 Å². The molecule has 1 aliphatic rings. The number of piperidine rings is 1. The molecule has 1 unspecified atom stereocenters. The number of hydrogen-bond donors (Lipinski definition) is 1. The lowest BCUT2D eigenvalue weighted by Crippen LogP contribution is -2.49. The summed E-state index contributed by atoms with van der Waals surface area (Å²) in [7, 11) is 0. The number of hydrogen-bond acceptors (Lipinski definition) is 2. The minimum absolute atomic E-state index is 0.214. The quantitative estimate of drug-likeness (QED) is 0.795. The van der Waals surface area contributed by atoms with Crippen LogP contribution in [0.2, 0.25) is 0 Å². The van der Waals surface area contributed by atoms with Gasteiger partial charge in [0, 0.05) is 25.0 Å². The van der Waals surface area contributed by atoms with Gasteiger partial charge in [-0.2, -0.15) is 0 Å². The predicted octanol–water partition coefficient (Wildman–Crippen LogP) is 2.02. The molecule has 3 heteroatoms. The molecule has 0 aliphatic carbocycles. The number of nitrogens with zero attached hydrogens (tertiary/aromatic N) is 1. The Morgan fingerprint density at radius 3 is 2.62 bits per heavy atom. The Morgan fingerprint density at radius 2 is 2.06 bits per heavy atom. The molecule has 0 aromatic heterocycles. The van der Waals surface area contributed by atoms with E-state index < -0.39 is 0 Å². The van der Waals surface area contributed by atoms with Gasteiger partial charge in [-0.3, -0.25) is 9.69 Å². The summed E-state index contributed by atoms with van der Waals surface area (Å²) in [6.45, 7) is 10.8. The molecule has 3 nitrogen and oxygen atoms in total. The molecule has 1 aliphatic heterocycles. The lowest BCUT2D eigenvalue weighted by Gasteiger charge is -2.35. The molecule has 16 heavy (non-hydrogen) atoms. The third kappa shape index (κ3) is 4.52. The van der Waals surface area contributed by atoms with E-state index in [-0.39, 0.29) is 5.91 Å². The van der Waals surface area contributed by atoms with Gasteiger partial charge in [0.2, 0.25) is 5.91 Å². The third-order valence-electron chi connectivity index (χ3n) is 3.14. The van der Waals surface area contributed by atoms with Crippen molar-refractivity contribution in [3.8, 4) is 0 Å². The summed E-state index contributed by atoms with van der Waals surface area (Å²) >= 11 is 0. The van der Waals surface area contributed by atoms with Crippen molar-refractivity contribution in [2.24, 2.45) is 5.92 Å². The van der Waals surface area contributed by atoms with Crippen molar-refractivity contribution >= 4 is 5.91 Å². The summed E-state index contributed by atoms with van der Waals surface area (Å²) < 4.78 is 0. The first kappa shape index (κ1) is 13.5.